The third-order valence-corrected chi connectivity index (χ3v) is 3.98. The molecule has 0 aliphatic carbocycles. The zero-order chi connectivity index (χ0) is 17.7. The summed E-state index contributed by atoms with van der Waals surface area (Å²) in [6, 6.07) is 5.90. The first-order valence-corrected chi connectivity index (χ1v) is 8.68. The van der Waals surface area contributed by atoms with E-state index in [4.69, 9.17) is 0 Å². The van der Waals surface area contributed by atoms with E-state index in [1.54, 1.807) is 10.9 Å². The molecule has 0 saturated heterocycles. The molecule has 0 aliphatic heterocycles. The fourth-order valence-electron chi connectivity index (χ4n) is 2.78. The normalized spacial score (nSPS) is 12.4. The van der Waals surface area contributed by atoms with Crippen LogP contribution in [0.1, 0.15) is 55.1 Å². The number of aromatic nitrogens is 3. The van der Waals surface area contributed by atoms with Crippen LogP contribution in [0.5, 0.6) is 0 Å². The Morgan fingerprint density at radius 2 is 2.04 bits per heavy atom. The van der Waals surface area contributed by atoms with Gasteiger partial charge in [0.05, 0.1) is 5.69 Å². The van der Waals surface area contributed by atoms with Crippen molar-refractivity contribution in [1.29, 1.82) is 0 Å². The van der Waals surface area contributed by atoms with Crippen LogP contribution in [-0.2, 0) is 19.4 Å². The van der Waals surface area contributed by atoms with Gasteiger partial charge in [-0.3, -0.25) is 14.5 Å². The minimum atomic E-state index is -0.0690. The lowest BCUT2D eigenvalue weighted by Crippen LogP contribution is -2.35. The summed E-state index contributed by atoms with van der Waals surface area (Å²) in [7, 11) is 0. The van der Waals surface area contributed by atoms with Crippen LogP contribution in [0.2, 0.25) is 0 Å². The first-order valence-electron chi connectivity index (χ1n) is 8.68. The van der Waals surface area contributed by atoms with Gasteiger partial charge in [0.2, 0.25) is 0 Å². The number of aryl methyl sites for hydroxylation is 2. The molecule has 1 atom stereocenters. The van der Waals surface area contributed by atoms with Crippen molar-refractivity contribution in [3.8, 4) is 0 Å². The molecule has 5 nitrogen and oxygen atoms in total. The average molecular weight is 328 g/mol. The highest BCUT2D eigenvalue weighted by Crippen LogP contribution is 2.11. The van der Waals surface area contributed by atoms with Crippen molar-refractivity contribution in [2.45, 2.75) is 60.0 Å². The molecule has 0 fully saturated rings. The topological polar surface area (TPSA) is 59.8 Å². The molecule has 5 heteroatoms. The number of pyridine rings is 1. The summed E-state index contributed by atoms with van der Waals surface area (Å²) in [6.07, 6.45) is 3.40. The zero-order valence-electron chi connectivity index (χ0n) is 15.3. The predicted molar refractivity (Wildman–Crippen MR) is 96.0 cm³/mol. The largest absolute Gasteiger partial charge is 0.348 e. The highest BCUT2D eigenvalue weighted by atomic mass is 16.2. The molecule has 2 rings (SSSR count). The zero-order valence-corrected chi connectivity index (χ0v) is 15.3. The lowest BCUT2D eigenvalue weighted by Gasteiger charge is -2.15. The van der Waals surface area contributed by atoms with Crippen LogP contribution < -0.4 is 5.32 Å². The monoisotopic (exact) mass is 328 g/mol. The summed E-state index contributed by atoms with van der Waals surface area (Å²) in [6.45, 7) is 11.1. The summed E-state index contributed by atoms with van der Waals surface area (Å²) in [5.74, 6) is 0.451. The lowest BCUT2D eigenvalue weighted by atomic mass is 10.1. The number of hydrogen-bond acceptors (Lipinski definition) is 3. The first kappa shape index (κ1) is 18.2. The smallest absolute Gasteiger partial charge is 0.269 e. The van der Waals surface area contributed by atoms with Crippen LogP contribution in [0.15, 0.2) is 24.4 Å². The second-order valence-corrected chi connectivity index (χ2v) is 6.78. The maximum atomic E-state index is 12.6. The highest BCUT2D eigenvalue weighted by molar-refractivity contribution is 5.92. The van der Waals surface area contributed by atoms with Gasteiger partial charge in [-0.1, -0.05) is 19.9 Å². The van der Waals surface area contributed by atoms with Crippen molar-refractivity contribution in [2.75, 3.05) is 0 Å². The van der Waals surface area contributed by atoms with Gasteiger partial charge in [-0.25, -0.2) is 0 Å². The van der Waals surface area contributed by atoms with Crippen molar-refractivity contribution in [3.63, 3.8) is 0 Å². The number of nitrogens with zero attached hydrogens (tertiary/aromatic N) is 3. The van der Waals surface area contributed by atoms with Crippen LogP contribution in [0, 0.1) is 12.8 Å². The van der Waals surface area contributed by atoms with Gasteiger partial charge in [0.25, 0.3) is 5.91 Å². The molecule has 0 saturated carbocycles. The maximum absolute atomic E-state index is 12.6. The Kier molecular flexibility index (Phi) is 6.12. The SMILES string of the molecule is CCn1nc(CC(C)C)cc1C(=O)NC(C)Cc1ncccc1C. The van der Waals surface area contributed by atoms with Crippen LogP contribution in [0.4, 0.5) is 0 Å². The van der Waals surface area contributed by atoms with Gasteiger partial charge >= 0.3 is 0 Å². The van der Waals surface area contributed by atoms with Crippen LogP contribution in [0.3, 0.4) is 0 Å². The molecule has 1 N–H and O–H groups in total. The van der Waals surface area contributed by atoms with E-state index in [2.05, 4.69) is 29.2 Å². The van der Waals surface area contributed by atoms with Crippen LogP contribution >= 0.6 is 0 Å². The molecule has 0 radical (unpaired) electrons. The first-order chi connectivity index (χ1) is 11.4. The van der Waals surface area contributed by atoms with Gasteiger partial charge in [-0.15, -0.1) is 0 Å². The molecule has 1 unspecified atom stereocenters. The summed E-state index contributed by atoms with van der Waals surface area (Å²) < 4.78 is 1.78. The van der Waals surface area contributed by atoms with Crippen LogP contribution in [0.25, 0.3) is 0 Å². The van der Waals surface area contributed by atoms with E-state index in [0.717, 1.165) is 29.8 Å². The van der Waals surface area contributed by atoms with E-state index in [0.29, 0.717) is 18.2 Å². The predicted octanol–water partition coefficient (Wildman–Crippen LogP) is 3.17. The minimum Gasteiger partial charge on any atom is -0.348 e. The quantitative estimate of drug-likeness (QED) is 0.849. The standard InChI is InChI=1S/C19H28N4O/c1-6-23-18(12-16(22-23)10-13(2)3)19(24)21-15(5)11-17-14(4)8-7-9-20-17/h7-9,12-13,15H,6,10-11H2,1-5H3,(H,21,24). The number of nitrogens with one attached hydrogen (secondary N) is 1. The van der Waals surface area contributed by atoms with Gasteiger partial charge in [-0.2, -0.15) is 5.10 Å². The Morgan fingerprint density at radius 3 is 2.67 bits per heavy atom. The molecule has 0 aromatic carbocycles. The third kappa shape index (κ3) is 4.66. The molecule has 1 amide bonds. The Morgan fingerprint density at radius 1 is 1.29 bits per heavy atom. The lowest BCUT2D eigenvalue weighted by molar-refractivity contribution is 0.0929. The molecule has 130 valence electrons. The Balaban J connectivity index is 2.06. The summed E-state index contributed by atoms with van der Waals surface area (Å²) in [5, 5.41) is 7.61. The van der Waals surface area contributed by atoms with E-state index in [9.17, 15) is 4.79 Å². The summed E-state index contributed by atoms with van der Waals surface area (Å²) in [5.41, 5.74) is 3.79. The molecular weight excluding hydrogens is 300 g/mol. The maximum Gasteiger partial charge on any atom is 0.269 e. The second kappa shape index (κ2) is 8.08. The fourth-order valence-corrected chi connectivity index (χ4v) is 2.78. The van der Waals surface area contributed by atoms with Gasteiger partial charge in [0.1, 0.15) is 5.69 Å². The number of carbonyl (C=O) groups is 1. The Bertz CT molecular complexity index is 690. The van der Waals surface area contributed by atoms with Crippen molar-refractivity contribution < 1.29 is 4.79 Å². The molecule has 2 aromatic rings. The minimum absolute atomic E-state index is 0.0138. The van der Waals surface area contributed by atoms with Gasteiger partial charge in [0, 0.05) is 30.9 Å². The van der Waals surface area contributed by atoms with E-state index in [1.807, 2.05) is 39.0 Å². The Labute approximate surface area is 144 Å². The van der Waals surface area contributed by atoms with Crippen LogP contribution in [-0.4, -0.2) is 26.7 Å². The van der Waals surface area contributed by atoms with E-state index >= 15 is 0 Å². The van der Waals surface area contributed by atoms with Crippen molar-refractivity contribution in [2.24, 2.45) is 5.92 Å². The summed E-state index contributed by atoms with van der Waals surface area (Å²) in [4.78, 5) is 17.0. The number of hydrogen-bond donors (Lipinski definition) is 1. The average Bonchev–Trinajstić information content (AvgIpc) is 2.91. The van der Waals surface area contributed by atoms with Gasteiger partial charge in [-0.05, 0) is 50.8 Å². The molecule has 0 spiro atoms. The molecule has 0 aliphatic rings. The second-order valence-electron chi connectivity index (χ2n) is 6.78. The molecule has 0 bridgehead atoms. The highest BCUT2D eigenvalue weighted by Gasteiger charge is 2.17. The van der Waals surface area contributed by atoms with Crippen molar-refractivity contribution in [1.82, 2.24) is 20.1 Å². The van der Waals surface area contributed by atoms with E-state index in [-0.39, 0.29) is 11.9 Å². The van der Waals surface area contributed by atoms with E-state index < -0.39 is 0 Å². The molecular formula is C19H28N4O. The third-order valence-electron chi connectivity index (χ3n) is 3.98. The Hall–Kier alpha value is -2.17. The van der Waals surface area contributed by atoms with Crippen molar-refractivity contribution in [3.05, 3.63) is 47.0 Å². The number of rotatable bonds is 7. The molecule has 24 heavy (non-hydrogen) atoms. The number of carbonyl (C=O) groups excluding carboxylic acids is 1. The van der Waals surface area contributed by atoms with Crippen molar-refractivity contribution >= 4 is 5.91 Å². The fraction of sp³-hybridized carbons (Fsp3) is 0.526. The summed E-state index contributed by atoms with van der Waals surface area (Å²) >= 11 is 0. The molecule has 2 aromatic heterocycles. The van der Waals surface area contributed by atoms with Gasteiger partial charge < -0.3 is 5.32 Å². The van der Waals surface area contributed by atoms with E-state index in [1.165, 1.54) is 0 Å². The number of amides is 1. The van der Waals surface area contributed by atoms with Gasteiger partial charge in [0.15, 0.2) is 0 Å². The molecule has 2 heterocycles.